The summed E-state index contributed by atoms with van der Waals surface area (Å²) in [5.41, 5.74) is 12.2. The first-order valence-electron chi connectivity index (χ1n) is 13.8. The van der Waals surface area contributed by atoms with E-state index in [4.69, 9.17) is 10.5 Å². The van der Waals surface area contributed by atoms with E-state index >= 15 is 0 Å². The maximum absolute atomic E-state index is 13.8. The molecule has 3 aromatic rings. The van der Waals surface area contributed by atoms with Gasteiger partial charge in [-0.3, -0.25) is 10.1 Å². The lowest BCUT2D eigenvalue weighted by Crippen LogP contribution is -3.00. The van der Waals surface area contributed by atoms with Crippen molar-refractivity contribution in [3.8, 4) is 16.9 Å². The second kappa shape index (κ2) is 13.1. The number of fused-ring (bicyclic) bond motifs is 1. The van der Waals surface area contributed by atoms with Crippen LogP contribution >= 0.6 is 0 Å². The number of hydrogen-bond donors (Lipinski definition) is 2. The van der Waals surface area contributed by atoms with Crippen LogP contribution < -0.4 is 39.8 Å². The number of nitrogens with one attached hydrogen (secondary N) is 1. The van der Waals surface area contributed by atoms with E-state index in [2.05, 4.69) is 59.9 Å². The number of carbonyl (C=O) groups is 2. The van der Waals surface area contributed by atoms with Crippen LogP contribution in [0.4, 0.5) is 4.79 Å². The average molecular weight is 652 g/mol. The van der Waals surface area contributed by atoms with Crippen molar-refractivity contribution < 1.29 is 42.8 Å². The third-order valence-corrected chi connectivity index (χ3v) is 8.24. The summed E-state index contributed by atoms with van der Waals surface area (Å²) in [6.07, 6.45) is 5.47. The number of nitrogens with zero attached hydrogens (tertiary/aromatic N) is 1. The van der Waals surface area contributed by atoms with Gasteiger partial charge in [0, 0.05) is 44.2 Å². The minimum atomic E-state index is -0.289. The van der Waals surface area contributed by atoms with Crippen molar-refractivity contribution in [3.63, 3.8) is 0 Å². The predicted molar refractivity (Wildman–Crippen MR) is 155 cm³/mol. The van der Waals surface area contributed by atoms with Crippen LogP contribution in [0.2, 0.25) is 0 Å². The maximum Gasteiger partial charge on any atom is 0.417 e. The fourth-order valence-corrected chi connectivity index (χ4v) is 5.65. The number of carbonyl (C=O) groups excluding carboxylic acids is 2. The molecule has 3 N–H and O–H groups in total. The van der Waals surface area contributed by atoms with Crippen LogP contribution in [-0.4, -0.2) is 43.0 Å². The molecule has 1 heterocycles. The molecule has 1 atom stereocenters. The molecule has 0 radical (unpaired) electrons. The number of ketones is 1. The molecule has 0 bridgehead atoms. The molecule has 2 aliphatic rings. The molecule has 210 valence electrons. The molecule has 0 aromatic heterocycles. The summed E-state index contributed by atoms with van der Waals surface area (Å²) >= 11 is 0. The van der Waals surface area contributed by atoms with E-state index in [1.54, 1.807) is 0 Å². The van der Waals surface area contributed by atoms with Crippen molar-refractivity contribution in [3.05, 3.63) is 95.1 Å². The van der Waals surface area contributed by atoms with Crippen LogP contribution in [0.5, 0.6) is 5.75 Å². The van der Waals surface area contributed by atoms with Gasteiger partial charge in [-0.15, -0.1) is 0 Å². The molecular formula is C33H38IN3O3. The van der Waals surface area contributed by atoms with Gasteiger partial charge in [-0.25, -0.2) is 9.28 Å². The monoisotopic (exact) mass is 651 g/mol. The smallest absolute Gasteiger partial charge is 0.417 e. The van der Waals surface area contributed by atoms with Crippen LogP contribution in [-0.2, 0) is 11.3 Å². The lowest BCUT2D eigenvalue weighted by Gasteiger charge is -2.38. The minimum Gasteiger partial charge on any atom is -1.00 e. The zero-order valence-corrected chi connectivity index (χ0v) is 25.4. The summed E-state index contributed by atoms with van der Waals surface area (Å²) < 4.78 is 6.36. The first-order chi connectivity index (χ1) is 18.8. The third kappa shape index (κ3) is 6.65. The quantitative estimate of drug-likeness (QED) is 0.318. The number of amides is 2. The second-order valence-electron chi connectivity index (χ2n) is 11.1. The zero-order chi connectivity index (χ0) is 27.4. The van der Waals surface area contributed by atoms with Crippen LogP contribution in [0, 0.1) is 0 Å². The summed E-state index contributed by atoms with van der Waals surface area (Å²) in [4.78, 5) is 25.6. The van der Waals surface area contributed by atoms with Crippen molar-refractivity contribution in [2.45, 2.75) is 50.7 Å². The van der Waals surface area contributed by atoms with Crippen molar-refractivity contribution in [1.82, 2.24) is 5.32 Å². The highest BCUT2D eigenvalue weighted by Gasteiger charge is 2.40. The number of rotatable bonds is 6. The Balaban J connectivity index is 0.00000370. The van der Waals surface area contributed by atoms with Gasteiger partial charge in [0.1, 0.15) is 11.5 Å². The van der Waals surface area contributed by atoms with Gasteiger partial charge in [-0.05, 0) is 46.0 Å². The summed E-state index contributed by atoms with van der Waals surface area (Å²) in [7, 11) is 3.92. The van der Waals surface area contributed by atoms with Gasteiger partial charge in [-0.1, -0.05) is 60.7 Å². The van der Waals surface area contributed by atoms with Crippen LogP contribution in [0.1, 0.15) is 54.8 Å². The molecule has 2 amide bonds. The summed E-state index contributed by atoms with van der Waals surface area (Å²) in [6, 6.07) is 24.5. The standard InChI is InChI=1S/C33H37N3O3.HI/c1-36(2,29-13-15-30(37)16-14-29)33(38)35-32(25-6-4-3-5-7-25)27-18-19-39-31-17-12-26(20-28(31)21-27)24-10-8-23(22-34)9-11-24;/h3-12,17,20-21,29,32H,13-16,18-19,22,34H2,1-2H3;1H. The van der Waals surface area contributed by atoms with Crippen molar-refractivity contribution in [2.75, 3.05) is 20.7 Å². The number of benzene rings is 3. The summed E-state index contributed by atoms with van der Waals surface area (Å²) in [6.45, 7) is 1.05. The molecule has 1 unspecified atom stereocenters. The SMILES string of the molecule is C[N+](C)(C(=O)NC(C1=Cc2cc(-c3ccc(CN)cc3)ccc2OCC1)c1ccccc1)C1CCC(=O)CC1.[I-]. The van der Waals surface area contributed by atoms with E-state index in [1.807, 2.05) is 38.4 Å². The van der Waals surface area contributed by atoms with Gasteiger partial charge in [0.2, 0.25) is 0 Å². The average Bonchev–Trinajstić information content (AvgIpc) is 3.18. The number of Topliss-reactive ketones (excluding diaryl/α,β-unsaturated/α-hetero) is 1. The molecule has 1 aliphatic carbocycles. The molecule has 6 nitrogen and oxygen atoms in total. The highest BCUT2D eigenvalue weighted by molar-refractivity contribution is 5.79. The molecule has 1 saturated carbocycles. The van der Waals surface area contributed by atoms with E-state index in [0.717, 1.165) is 52.0 Å². The van der Waals surface area contributed by atoms with Gasteiger partial charge in [0.05, 0.1) is 32.8 Å². The third-order valence-electron chi connectivity index (χ3n) is 8.24. The Labute approximate surface area is 254 Å². The Hall–Kier alpha value is -3.01. The Morgan fingerprint density at radius 2 is 1.65 bits per heavy atom. The second-order valence-corrected chi connectivity index (χ2v) is 11.1. The molecule has 0 spiro atoms. The van der Waals surface area contributed by atoms with Gasteiger partial charge in [0.25, 0.3) is 0 Å². The first-order valence-corrected chi connectivity index (χ1v) is 13.8. The number of urea groups is 1. The number of quaternary nitrogens is 1. The molecule has 0 saturated heterocycles. The van der Waals surface area contributed by atoms with Gasteiger partial charge in [-0.2, -0.15) is 0 Å². The Bertz CT molecular complexity index is 1360. The van der Waals surface area contributed by atoms with E-state index < -0.39 is 0 Å². The van der Waals surface area contributed by atoms with Crippen LogP contribution in [0.15, 0.2) is 78.4 Å². The number of ether oxygens (including phenoxy) is 1. The van der Waals surface area contributed by atoms with Crippen LogP contribution in [0.25, 0.3) is 17.2 Å². The topological polar surface area (TPSA) is 81.4 Å². The fraction of sp³-hybridized carbons (Fsp3) is 0.333. The molecule has 7 heteroatoms. The summed E-state index contributed by atoms with van der Waals surface area (Å²) in [5.74, 6) is 1.14. The van der Waals surface area contributed by atoms with Crippen LogP contribution in [0.3, 0.4) is 0 Å². The number of hydrogen-bond acceptors (Lipinski definition) is 4. The van der Waals surface area contributed by atoms with Crippen molar-refractivity contribution in [1.29, 1.82) is 0 Å². The first kappa shape index (κ1) is 30.0. The number of halogens is 1. The lowest BCUT2D eigenvalue weighted by molar-refractivity contribution is -0.838. The van der Waals surface area contributed by atoms with E-state index in [1.165, 1.54) is 0 Å². The zero-order valence-electron chi connectivity index (χ0n) is 23.2. The molecule has 1 aliphatic heterocycles. The highest BCUT2D eigenvalue weighted by Crippen LogP contribution is 2.35. The maximum atomic E-state index is 13.8. The minimum absolute atomic E-state index is 0. The molecule has 5 rings (SSSR count). The molecule has 40 heavy (non-hydrogen) atoms. The highest BCUT2D eigenvalue weighted by atomic mass is 127. The van der Waals surface area contributed by atoms with Crippen molar-refractivity contribution >= 4 is 17.9 Å². The molecule has 1 fully saturated rings. The lowest BCUT2D eigenvalue weighted by atomic mass is 9.92. The Kier molecular flexibility index (Phi) is 9.81. The predicted octanol–water partition coefficient (Wildman–Crippen LogP) is 3.02. The van der Waals surface area contributed by atoms with Gasteiger partial charge >= 0.3 is 6.03 Å². The Morgan fingerprint density at radius 1 is 0.975 bits per heavy atom. The fourth-order valence-electron chi connectivity index (χ4n) is 5.65. The van der Waals surface area contributed by atoms with Gasteiger partial charge in [0.15, 0.2) is 0 Å². The van der Waals surface area contributed by atoms with Crippen molar-refractivity contribution in [2.24, 2.45) is 5.73 Å². The molecule has 3 aromatic carbocycles. The summed E-state index contributed by atoms with van der Waals surface area (Å²) in [5, 5.41) is 3.38. The Morgan fingerprint density at radius 3 is 2.33 bits per heavy atom. The largest absolute Gasteiger partial charge is 1.00 e. The molecular weight excluding hydrogens is 613 g/mol. The van der Waals surface area contributed by atoms with E-state index in [9.17, 15) is 9.59 Å². The number of nitrogens with two attached hydrogens (primary N) is 1. The van der Waals surface area contributed by atoms with E-state index in [-0.39, 0.29) is 46.6 Å². The normalized spacial score (nSPS) is 16.5. The van der Waals surface area contributed by atoms with Gasteiger partial charge < -0.3 is 34.4 Å². The van der Waals surface area contributed by atoms with E-state index in [0.29, 0.717) is 38.2 Å².